The first-order valence-electron chi connectivity index (χ1n) is 4.25. The molecule has 0 fully saturated rings. The molecule has 1 N–H and O–H groups in total. The molecule has 0 atom stereocenters. The van der Waals surface area contributed by atoms with Crippen LogP contribution in [0.4, 0.5) is 0 Å². The molecule has 0 amide bonds. The van der Waals surface area contributed by atoms with Gasteiger partial charge in [-0.1, -0.05) is 28.7 Å². The first-order valence-corrected chi connectivity index (χ1v) is 5.77. The molecule has 0 aromatic heterocycles. The highest BCUT2D eigenvalue weighted by Crippen LogP contribution is 2.28. The second kappa shape index (κ2) is 5.79. The van der Waals surface area contributed by atoms with Gasteiger partial charge < -0.3 is 14.6 Å². The van der Waals surface area contributed by atoms with Crippen LogP contribution in [-0.4, -0.2) is 24.8 Å². The van der Waals surface area contributed by atoms with Gasteiger partial charge in [0.1, 0.15) is 0 Å². The van der Waals surface area contributed by atoms with Gasteiger partial charge in [0.15, 0.2) is 18.1 Å². The number of halogens is 1. The number of rotatable bonds is 5. The number of hydrogen-bond acceptors (Lipinski definition) is 3. The summed E-state index contributed by atoms with van der Waals surface area (Å²) in [5.41, 5.74) is 1.11. The number of ether oxygens (including phenoxy) is 2. The van der Waals surface area contributed by atoms with E-state index in [1.165, 1.54) is 7.11 Å². The minimum Gasteiger partial charge on any atom is -0.493 e. The quantitative estimate of drug-likeness (QED) is 0.666. The maximum Gasteiger partial charge on any atom is 0.341 e. The Bertz CT molecular complexity index is 351. The Kier molecular flexibility index (Phi) is 4.67. The van der Waals surface area contributed by atoms with E-state index in [1.54, 1.807) is 6.07 Å². The molecule has 0 spiro atoms. The van der Waals surface area contributed by atoms with E-state index in [9.17, 15) is 4.79 Å². The number of alkyl halides is 1. The van der Waals surface area contributed by atoms with Crippen molar-refractivity contribution in [2.24, 2.45) is 0 Å². The van der Waals surface area contributed by atoms with Gasteiger partial charge in [-0.15, -0.1) is 0 Å². The number of carboxylic acids is 1. The van der Waals surface area contributed by atoms with Gasteiger partial charge in [-0.2, -0.15) is 0 Å². The van der Waals surface area contributed by atoms with Crippen molar-refractivity contribution in [1.82, 2.24) is 0 Å². The molecule has 0 aliphatic carbocycles. The van der Waals surface area contributed by atoms with Gasteiger partial charge in [0, 0.05) is 4.43 Å². The molecule has 1 rings (SSSR count). The first-order chi connectivity index (χ1) is 7.17. The van der Waals surface area contributed by atoms with Crippen LogP contribution in [0, 0.1) is 0 Å². The molecule has 0 saturated heterocycles. The molecule has 0 saturated carbocycles. The number of hydrogen-bond donors (Lipinski definition) is 1. The highest BCUT2D eigenvalue weighted by Gasteiger charge is 2.06. The summed E-state index contributed by atoms with van der Waals surface area (Å²) in [7, 11) is 1.53. The van der Waals surface area contributed by atoms with Crippen LogP contribution >= 0.6 is 22.6 Å². The van der Waals surface area contributed by atoms with Crippen molar-refractivity contribution in [3.05, 3.63) is 23.8 Å². The molecule has 0 radical (unpaired) electrons. The predicted octanol–water partition coefficient (Wildman–Crippen LogP) is 2.09. The Hall–Kier alpha value is -0.980. The lowest BCUT2D eigenvalue weighted by molar-refractivity contribution is -0.139. The van der Waals surface area contributed by atoms with Gasteiger partial charge >= 0.3 is 5.97 Å². The van der Waals surface area contributed by atoms with Crippen LogP contribution in [0.2, 0.25) is 0 Å². The summed E-state index contributed by atoms with van der Waals surface area (Å²) in [4.78, 5) is 10.3. The maximum absolute atomic E-state index is 10.3. The van der Waals surface area contributed by atoms with Crippen LogP contribution in [0.25, 0.3) is 0 Å². The second-order valence-corrected chi connectivity index (χ2v) is 3.56. The van der Waals surface area contributed by atoms with E-state index in [4.69, 9.17) is 14.6 Å². The van der Waals surface area contributed by atoms with E-state index in [0.717, 1.165) is 9.99 Å². The van der Waals surface area contributed by atoms with Crippen LogP contribution in [0.1, 0.15) is 5.56 Å². The van der Waals surface area contributed by atoms with Gasteiger partial charge in [0.05, 0.1) is 7.11 Å². The summed E-state index contributed by atoms with van der Waals surface area (Å²) >= 11 is 2.24. The number of benzene rings is 1. The topological polar surface area (TPSA) is 55.8 Å². The molecule has 82 valence electrons. The predicted molar refractivity (Wildman–Crippen MR) is 63.8 cm³/mol. The van der Waals surface area contributed by atoms with Crippen molar-refractivity contribution in [2.45, 2.75) is 4.43 Å². The lowest BCUT2D eigenvalue weighted by Gasteiger charge is -2.09. The fourth-order valence-electron chi connectivity index (χ4n) is 1.05. The number of carboxylic acid groups (broad SMARTS) is 1. The van der Waals surface area contributed by atoms with Crippen LogP contribution in [0.15, 0.2) is 18.2 Å². The highest BCUT2D eigenvalue weighted by atomic mass is 127. The molecule has 0 aliphatic rings. The van der Waals surface area contributed by atoms with Crippen LogP contribution in [-0.2, 0) is 9.22 Å². The number of carbonyl (C=O) groups is 1. The maximum atomic E-state index is 10.3. The Morgan fingerprint density at radius 1 is 1.47 bits per heavy atom. The largest absolute Gasteiger partial charge is 0.493 e. The normalized spacial score (nSPS) is 9.73. The van der Waals surface area contributed by atoms with Crippen LogP contribution in [0.5, 0.6) is 11.5 Å². The summed E-state index contributed by atoms with van der Waals surface area (Å²) in [6.45, 7) is -0.361. The van der Waals surface area contributed by atoms with Crippen molar-refractivity contribution in [3.63, 3.8) is 0 Å². The molecule has 0 unspecified atom stereocenters. The van der Waals surface area contributed by atoms with Crippen LogP contribution in [0.3, 0.4) is 0 Å². The van der Waals surface area contributed by atoms with E-state index >= 15 is 0 Å². The van der Waals surface area contributed by atoms with Crippen molar-refractivity contribution in [2.75, 3.05) is 13.7 Å². The zero-order valence-corrected chi connectivity index (χ0v) is 10.4. The number of aliphatic carboxylic acids is 1. The van der Waals surface area contributed by atoms with Gasteiger partial charge in [-0.25, -0.2) is 4.79 Å². The third kappa shape index (κ3) is 3.58. The van der Waals surface area contributed by atoms with Crippen molar-refractivity contribution < 1.29 is 19.4 Å². The highest BCUT2D eigenvalue weighted by molar-refractivity contribution is 14.1. The molecule has 5 heteroatoms. The van der Waals surface area contributed by atoms with Gasteiger partial charge in [-0.3, -0.25) is 0 Å². The van der Waals surface area contributed by atoms with E-state index in [2.05, 4.69) is 22.6 Å². The smallest absolute Gasteiger partial charge is 0.341 e. The van der Waals surface area contributed by atoms with E-state index in [0.29, 0.717) is 11.5 Å². The molecule has 0 aliphatic heterocycles. The average molecular weight is 322 g/mol. The molecular weight excluding hydrogens is 311 g/mol. The summed E-state index contributed by atoms with van der Waals surface area (Å²) in [5.74, 6) is 0.00828. The lowest BCUT2D eigenvalue weighted by Crippen LogP contribution is -2.10. The molecule has 1 aromatic rings. The summed E-state index contributed by atoms with van der Waals surface area (Å²) in [6.07, 6.45) is 0. The Morgan fingerprint density at radius 3 is 2.73 bits per heavy atom. The lowest BCUT2D eigenvalue weighted by atomic mass is 10.2. The van der Waals surface area contributed by atoms with Gasteiger partial charge in [0.25, 0.3) is 0 Å². The molecule has 1 aromatic carbocycles. The molecule has 15 heavy (non-hydrogen) atoms. The van der Waals surface area contributed by atoms with Gasteiger partial charge in [0.2, 0.25) is 0 Å². The van der Waals surface area contributed by atoms with Gasteiger partial charge in [-0.05, 0) is 17.7 Å². The first kappa shape index (κ1) is 12.1. The standard InChI is InChI=1S/C10H11IO4/c1-14-9-4-7(5-11)2-3-8(9)15-6-10(12)13/h2-4H,5-6H2,1H3,(H,12,13). The van der Waals surface area contributed by atoms with Crippen molar-refractivity contribution >= 4 is 28.6 Å². The number of methoxy groups -OCH3 is 1. The fraction of sp³-hybridized carbons (Fsp3) is 0.300. The third-order valence-electron chi connectivity index (χ3n) is 1.73. The summed E-state index contributed by atoms with van der Waals surface area (Å²) in [5, 5.41) is 8.47. The minimum absolute atomic E-state index is 0.361. The average Bonchev–Trinajstić information content (AvgIpc) is 2.25. The zero-order chi connectivity index (χ0) is 11.3. The Balaban J connectivity index is 2.82. The van der Waals surface area contributed by atoms with E-state index < -0.39 is 5.97 Å². The van der Waals surface area contributed by atoms with Crippen LogP contribution < -0.4 is 9.47 Å². The summed E-state index contributed by atoms with van der Waals surface area (Å²) in [6, 6.07) is 5.44. The molecular formula is C10H11IO4. The van der Waals surface area contributed by atoms with E-state index in [-0.39, 0.29) is 6.61 Å². The monoisotopic (exact) mass is 322 g/mol. The fourth-order valence-corrected chi connectivity index (χ4v) is 1.53. The van der Waals surface area contributed by atoms with E-state index in [1.807, 2.05) is 12.1 Å². The van der Waals surface area contributed by atoms with Crippen molar-refractivity contribution in [1.29, 1.82) is 0 Å². The second-order valence-electron chi connectivity index (χ2n) is 2.80. The Morgan fingerprint density at radius 2 is 2.20 bits per heavy atom. The SMILES string of the molecule is COc1cc(CI)ccc1OCC(=O)O. The minimum atomic E-state index is -1.00. The third-order valence-corrected chi connectivity index (χ3v) is 2.61. The van der Waals surface area contributed by atoms with Crippen molar-refractivity contribution in [3.8, 4) is 11.5 Å². The zero-order valence-electron chi connectivity index (χ0n) is 8.20. The Labute approximate surface area is 101 Å². The molecule has 0 bridgehead atoms. The summed E-state index contributed by atoms with van der Waals surface area (Å²) < 4.78 is 11.0. The molecule has 4 nitrogen and oxygen atoms in total. The molecule has 0 heterocycles.